The summed E-state index contributed by atoms with van der Waals surface area (Å²) in [5, 5.41) is 13.7. The third-order valence-electron chi connectivity index (χ3n) is 4.50. The van der Waals surface area contributed by atoms with Crippen molar-refractivity contribution < 1.29 is 14.3 Å². The van der Waals surface area contributed by atoms with E-state index in [0.717, 1.165) is 24.9 Å². The van der Waals surface area contributed by atoms with Crippen LogP contribution in [0.15, 0.2) is 42.2 Å². The van der Waals surface area contributed by atoms with Crippen molar-refractivity contribution in [3.63, 3.8) is 0 Å². The van der Waals surface area contributed by atoms with Crippen LogP contribution in [0.4, 0.5) is 0 Å². The zero-order chi connectivity index (χ0) is 19.1. The molecule has 0 spiro atoms. The van der Waals surface area contributed by atoms with E-state index in [2.05, 4.69) is 26.9 Å². The quantitative estimate of drug-likeness (QED) is 0.593. The van der Waals surface area contributed by atoms with Crippen LogP contribution in [0.5, 0.6) is 0 Å². The minimum Gasteiger partial charge on any atom is -0.449 e. The van der Waals surface area contributed by atoms with Gasteiger partial charge in [0.05, 0.1) is 11.3 Å². The van der Waals surface area contributed by atoms with Crippen LogP contribution in [-0.4, -0.2) is 44.7 Å². The van der Waals surface area contributed by atoms with Crippen molar-refractivity contribution in [1.29, 1.82) is 0 Å². The minimum atomic E-state index is -0.850. The Kier molecular flexibility index (Phi) is 6.30. The molecular weight excluding hydrogens is 346 g/mol. The summed E-state index contributed by atoms with van der Waals surface area (Å²) >= 11 is 0. The van der Waals surface area contributed by atoms with Gasteiger partial charge < -0.3 is 10.1 Å². The van der Waals surface area contributed by atoms with E-state index in [-0.39, 0.29) is 5.91 Å². The fourth-order valence-corrected chi connectivity index (χ4v) is 2.93. The smallest absolute Gasteiger partial charge is 0.338 e. The molecule has 27 heavy (non-hydrogen) atoms. The molecule has 1 aliphatic carbocycles. The number of aromatic nitrogens is 4. The molecule has 1 atom stereocenters. The van der Waals surface area contributed by atoms with Gasteiger partial charge in [-0.15, -0.1) is 5.10 Å². The Balaban J connectivity index is 1.46. The molecule has 2 aromatic rings. The highest BCUT2D eigenvalue weighted by Crippen LogP contribution is 2.19. The first-order valence-electron chi connectivity index (χ1n) is 9.13. The third-order valence-corrected chi connectivity index (χ3v) is 4.50. The van der Waals surface area contributed by atoms with Crippen molar-refractivity contribution in [2.75, 3.05) is 6.54 Å². The summed E-state index contributed by atoms with van der Waals surface area (Å²) < 4.78 is 6.74. The number of carbonyl (C=O) groups excluding carboxylic acids is 2. The van der Waals surface area contributed by atoms with E-state index in [1.54, 1.807) is 31.2 Å². The van der Waals surface area contributed by atoms with Gasteiger partial charge in [0.2, 0.25) is 0 Å². The Morgan fingerprint density at radius 3 is 2.74 bits per heavy atom. The second kappa shape index (κ2) is 9.07. The molecule has 8 heteroatoms. The van der Waals surface area contributed by atoms with Gasteiger partial charge in [0.25, 0.3) is 5.91 Å². The van der Waals surface area contributed by atoms with Crippen molar-refractivity contribution in [3.8, 4) is 5.69 Å². The van der Waals surface area contributed by atoms with E-state index in [1.807, 2.05) is 0 Å². The van der Waals surface area contributed by atoms with E-state index in [9.17, 15) is 9.59 Å². The molecule has 0 fully saturated rings. The van der Waals surface area contributed by atoms with E-state index < -0.39 is 12.1 Å². The topological polar surface area (TPSA) is 99.0 Å². The molecule has 0 unspecified atom stereocenters. The predicted octanol–water partition coefficient (Wildman–Crippen LogP) is 2.21. The van der Waals surface area contributed by atoms with E-state index in [4.69, 9.17) is 4.74 Å². The van der Waals surface area contributed by atoms with Gasteiger partial charge in [0.1, 0.15) is 6.33 Å². The number of hydrogen-bond donors (Lipinski definition) is 1. The number of amides is 1. The van der Waals surface area contributed by atoms with E-state index in [1.165, 1.54) is 29.4 Å². The van der Waals surface area contributed by atoms with Crippen molar-refractivity contribution in [3.05, 3.63) is 47.8 Å². The monoisotopic (exact) mass is 369 g/mol. The zero-order valence-electron chi connectivity index (χ0n) is 15.3. The average molecular weight is 369 g/mol. The van der Waals surface area contributed by atoms with Crippen LogP contribution in [0.2, 0.25) is 0 Å². The van der Waals surface area contributed by atoms with Gasteiger partial charge in [0.15, 0.2) is 6.10 Å². The lowest BCUT2D eigenvalue weighted by atomic mass is 9.97. The summed E-state index contributed by atoms with van der Waals surface area (Å²) in [6, 6.07) is 6.63. The molecule has 1 heterocycles. The maximum absolute atomic E-state index is 12.2. The second-order valence-electron chi connectivity index (χ2n) is 6.50. The van der Waals surface area contributed by atoms with Crippen molar-refractivity contribution in [2.24, 2.45) is 0 Å². The fourth-order valence-electron chi connectivity index (χ4n) is 2.93. The summed E-state index contributed by atoms with van der Waals surface area (Å²) in [5.41, 5.74) is 2.48. The number of rotatable bonds is 7. The summed E-state index contributed by atoms with van der Waals surface area (Å²) in [6.45, 7) is 2.13. The van der Waals surface area contributed by atoms with Crippen LogP contribution in [0, 0.1) is 0 Å². The van der Waals surface area contributed by atoms with Gasteiger partial charge >= 0.3 is 5.97 Å². The molecule has 1 aromatic carbocycles. The summed E-state index contributed by atoms with van der Waals surface area (Å²) in [4.78, 5) is 24.3. The molecule has 0 saturated heterocycles. The first-order valence-corrected chi connectivity index (χ1v) is 9.13. The third kappa shape index (κ3) is 5.22. The van der Waals surface area contributed by atoms with Crippen LogP contribution >= 0.6 is 0 Å². The molecule has 1 N–H and O–H groups in total. The SMILES string of the molecule is C[C@@H](OC(=O)c1ccc(-n2cnnn2)cc1)C(=O)NCCC1=CCCCC1. The molecule has 0 bridgehead atoms. The van der Waals surface area contributed by atoms with Crippen molar-refractivity contribution >= 4 is 11.9 Å². The number of ether oxygens (including phenoxy) is 1. The number of tetrazole rings is 1. The Hall–Kier alpha value is -3.03. The highest BCUT2D eigenvalue weighted by Gasteiger charge is 2.19. The fraction of sp³-hybridized carbons (Fsp3) is 0.421. The number of nitrogens with one attached hydrogen (secondary N) is 1. The zero-order valence-corrected chi connectivity index (χ0v) is 15.3. The first kappa shape index (κ1) is 18.8. The molecule has 8 nitrogen and oxygen atoms in total. The molecule has 142 valence electrons. The predicted molar refractivity (Wildman–Crippen MR) is 98.2 cm³/mol. The number of nitrogens with zero attached hydrogens (tertiary/aromatic N) is 4. The largest absolute Gasteiger partial charge is 0.449 e. The lowest BCUT2D eigenvalue weighted by Gasteiger charge is -2.15. The Bertz CT molecular complexity index is 799. The van der Waals surface area contributed by atoms with Gasteiger partial charge in [-0.1, -0.05) is 11.6 Å². The lowest BCUT2D eigenvalue weighted by Crippen LogP contribution is -2.36. The van der Waals surface area contributed by atoms with Gasteiger partial charge in [-0.3, -0.25) is 4.79 Å². The molecule has 0 radical (unpaired) electrons. The van der Waals surface area contributed by atoms with Crippen molar-refractivity contribution in [1.82, 2.24) is 25.5 Å². The van der Waals surface area contributed by atoms with E-state index in [0.29, 0.717) is 12.1 Å². The highest BCUT2D eigenvalue weighted by molar-refractivity contribution is 5.92. The normalized spacial score (nSPS) is 14.9. The average Bonchev–Trinajstić information content (AvgIpc) is 3.23. The number of benzene rings is 1. The molecular formula is C19H23N5O3. The molecule has 0 saturated carbocycles. The van der Waals surface area contributed by atoms with Crippen LogP contribution in [0.3, 0.4) is 0 Å². The van der Waals surface area contributed by atoms with Gasteiger partial charge in [0, 0.05) is 6.54 Å². The van der Waals surface area contributed by atoms with Gasteiger partial charge in [-0.05, 0) is 73.7 Å². The molecule has 0 aliphatic heterocycles. The molecule has 1 aliphatic rings. The van der Waals surface area contributed by atoms with Gasteiger partial charge in [-0.25, -0.2) is 9.48 Å². The number of allylic oxidation sites excluding steroid dienone is 1. The second-order valence-corrected chi connectivity index (χ2v) is 6.50. The Morgan fingerprint density at radius 1 is 1.26 bits per heavy atom. The summed E-state index contributed by atoms with van der Waals surface area (Å²) in [7, 11) is 0. The number of carbonyl (C=O) groups is 2. The number of esters is 1. The Labute approximate surface area is 157 Å². The van der Waals surface area contributed by atoms with Crippen molar-refractivity contribution in [2.45, 2.75) is 45.1 Å². The molecule has 1 aromatic heterocycles. The lowest BCUT2D eigenvalue weighted by molar-refractivity contribution is -0.129. The van der Waals surface area contributed by atoms with E-state index >= 15 is 0 Å². The summed E-state index contributed by atoms with van der Waals surface area (Å²) in [5.74, 6) is -0.832. The highest BCUT2D eigenvalue weighted by atomic mass is 16.5. The molecule has 1 amide bonds. The van der Waals surface area contributed by atoms with Crippen LogP contribution < -0.4 is 5.32 Å². The van der Waals surface area contributed by atoms with Crippen LogP contribution in [-0.2, 0) is 9.53 Å². The summed E-state index contributed by atoms with van der Waals surface area (Å²) in [6.07, 6.45) is 8.44. The number of hydrogen-bond acceptors (Lipinski definition) is 6. The first-order chi connectivity index (χ1) is 13.1. The Morgan fingerprint density at radius 2 is 2.07 bits per heavy atom. The standard InChI is InChI=1S/C19H23N5O3/c1-14(18(25)20-12-11-15-5-3-2-4-6-15)27-19(26)16-7-9-17(10-8-16)24-13-21-22-23-24/h5,7-10,13-14H,2-4,6,11-12H2,1H3,(H,20,25)/t14-/m1/s1. The molecule has 3 rings (SSSR count). The minimum absolute atomic E-state index is 0.287. The van der Waals surface area contributed by atoms with Crippen LogP contribution in [0.25, 0.3) is 5.69 Å². The maximum atomic E-state index is 12.2. The maximum Gasteiger partial charge on any atom is 0.338 e. The van der Waals surface area contributed by atoms with Crippen LogP contribution in [0.1, 0.15) is 49.4 Å². The van der Waals surface area contributed by atoms with Gasteiger partial charge in [-0.2, -0.15) is 0 Å².